The molecule has 72 valence electrons. The second kappa shape index (κ2) is 2.78. The average Bonchev–Trinajstić information content (AvgIpc) is 2.93. The molecule has 2 N–H and O–H groups in total. The summed E-state index contributed by atoms with van der Waals surface area (Å²) in [5.74, 6) is 2.10. The Hall–Kier alpha value is -0.920. The van der Waals surface area contributed by atoms with E-state index in [-0.39, 0.29) is 0 Å². The molecule has 3 rings (SSSR count). The van der Waals surface area contributed by atoms with Crippen molar-refractivity contribution < 1.29 is 0 Å². The van der Waals surface area contributed by atoms with E-state index in [0.717, 1.165) is 15.0 Å². The standard InChI is InChI=1S/C8H8IN5/c9-6-5-7(10)11-3-12-14(5)8(13-6)4-1-2-4/h3-4H,1-2H2,(H2,10,11,12). The van der Waals surface area contributed by atoms with Gasteiger partial charge >= 0.3 is 0 Å². The molecule has 2 heterocycles. The number of hydrogen-bond acceptors (Lipinski definition) is 4. The van der Waals surface area contributed by atoms with Gasteiger partial charge in [0.25, 0.3) is 0 Å². The van der Waals surface area contributed by atoms with Gasteiger partial charge in [-0.05, 0) is 35.4 Å². The summed E-state index contributed by atoms with van der Waals surface area (Å²) in [6.45, 7) is 0. The molecule has 1 aliphatic rings. The molecular weight excluding hydrogens is 293 g/mol. The third-order valence-corrected chi connectivity index (χ3v) is 3.14. The number of halogens is 1. The number of nitrogen functional groups attached to an aromatic ring is 1. The smallest absolute Gasteiger partial charge is 0.154 e. The number of hydrogen-bond donors (Lipinski definition) is 1. The summed E-state index contributed by atoms with van der Waals surface area (Å²) >= 11 is 2.17. The van der Waals surface area contributed by atoms with Crippen LogP contribution in [0.4, 0.5) is 5.82 Å². The summed E-state index contributed by atoms with van der Waals surface area (Å²) in [4.78, 5) is 8.44. The first kappa shape index (κ1) is 8.39. The molecule has 1 aliphatic carbocycles. The Balaban J connectivity index is 2.37. The summed E-state index contributed by atoms with van der Waals surface area (Å²) in [6.07, 6.45) is 3.89. The van der Waals surface area contributed by atoms with Crippen LogP contribution in [-0.2, 0) is 0 Å². The number of aromatic nitrogens is 4. The van der Waals surface area contributed by atoms with Crippen molar-refractivity contribution in [2.24, 2.45) is 0 Å². The van der Waals surface area contributed by atoms with Gasteiger partial charge in [-0.1, -0.05) is 0 Å². The zero-order valence-electron chi connectivity index (χ0n) is 7.31. The van der Waals surface area contributed by atoms with Crippen LogP contribution in [-0.4, -0.2) is 19.6 Å². The van der Waals surface area contributed by atoms with Gasteiger partial charge in [0.2, 0.25) is 0 Å². The maximum absolute atomic E-state index is 5.77. The fraction of sp³-hybridized carbons (Fsp3) is 0.375. The van der Waals surface area contributed by atoms with Crippen LogP contribution in [0.25, 0.3) is 5.52 Å². The van der Waals surface area contributed by atoms with E-state index in [1.807, 2.05) is 4.52 Å². The van der Waals surface area contributed by atoms with Crippen molar-refractivity contribution in [2.75, 3.05) is 5.73 Å². The van der Waals surface area contributed by atoms with Gasteiger partial charge in [-0.3, -0.25) is 0 Å². The zero-order chi connectivity index (χ0) is 9.71. The van der Waals surface area contributed by atoms with Gasteiger partial charge in [0.05, 0.1) is 0 Å². The first-order chi connectivity index (χ1) is 6.77. The van der Waals surface area contributed by atoms with E-state index in [2.05, 4.69) is 37.7 Å². The number of nitrogens with zero attached hydrogens (tertiary/aromatic N) is 4. The number of fused-ring (bicyclic) bond motifs is 1. The molecule has 6 heteroatoms. The van der Waals surface area contributed by atoms with Crippen molar-refractivity contribution in [1.29, 1.82) is 0 Å². The highest BCUT2D eigenvalue weighted by atomic mass is 127. The predicted octanol–water partition coefficient (Wildman–Crippen LogP) is 1.19. The lowest BCUT2D eigenvalue weighted by atomic mass is 10.4. The minimum Gasteiger partial charge on any atom is -0.382 e. The van der Waals surface area contributed by atoms with Gasteiger partial charge in [-0.2, -0.15) is 5.10 Å². The maximum Gasteiger partial charge on any atom is 0.154 e. The van der Waals surface area contributed by atoms with Crippen LogP contribution in [0.2, 0.25) is 0 Å². The molecule has 14 heavy (non-hydrogen) atoms. The molecule has 0 spiro atoms. The minimum atomic E-state index is 0.504. The van der Waals surface area contributed by atoms with Crippen LogP contribution in [0.3, 0.4) is 0 Å². The van der Waals surface area contributed by atoms with E-state index < -0.39 is 0 Å². The number of rotatable bonds is 1. The highest BCUT2D eigenvalue weighted by molar-refractivity contribution is 14.1. The molecule has 2 aromatic rings. The van der Waals surface area contributed by atoms with Crippen molar-refractivity contribution in [3.63, 3.8) is 0 Å². The highest BCUT2D eigenvalue weighted by Gasteiger charge is 2.30. The van der Waals surface area contributed by atoms with Crippen LogP contribution in [0, 0.1) is 3.70 Å². The molecule has 0 atom stereocenters. The largest absolute Gasteiger partial charge is 0.382 e. The second-order valence-electron chi connectivity index (χ2n) is 3.44. The Morgan fingerprint density at radius 1 is 1.50 bits per heavy atom. The van der Waals surface area contributed by atoms with E-state index in [1.54, 1.807) is 0 Å². The van der Waals surface area contributed by atoms with Crippen molar-refractivity contribution in [2.45, 2.75) is 18.8 Å². The van der Waals surface area contributed by atoms with Gasteiger partial charge in [-0.25, -0.2) is 14.5 Å². The molecule has 2 aromatic heterocycles. The van der Waals surface area contributed by atoms with Crippen molar-refractivity contribution >= 4 is 33.9 Å². The lowest BCUT2D eigenvalue weighted by molar-refractivity contribution is 0.805. The van der Waals surface area contributed by atoms with Crippen molar-refractivity contribution in [3.8, 4) is 0 Å². The second-order valence-corrected chi connectivity index (χ2v) is 4.46. The highest BCUT2D eigenvalue weighted by Crippen LogP contribution is 2.40. The minimum absolute atomic E-state index is 0.504. The lowest BCUT2D eigenvalue weighted by Crippen LogP contribution is -2.01. The molecule has 0 radical (unpaired) electrons. The van der Waals surface area contributed by atoms with Gasteiger partial charge in [0.1, 0.15) is 21.4 Å². The maximum atomic E-state index is 5.77. The third kappa shape index (κ3) is 1.09. The number of nitrogens with two attached hydrogens (primary N) is 1. The van der Waals surface area contributed by atoms with Crippen LogP contribution < -0.4 is 5.73 Å². The lowest BCUT2D eigenvalue weighted by Gasteiger charge is -1.97. The molecule has 1 fully saturated rings. The summed E-state index contributed by atoms with van der Waals surface area (Å²) < 4.78 is 2.71. The molecule has 0 aliphatic heterocycles. The number of anilines is 1. The SMILES string of the molecule is Nc1ncnn2c(C3CC3)nc(I)c12. The van der Waals surface area contributed by atoms with E-state index in [1.165, 1.54) is 19.2 Å². The average molecular weight is 301 g/mol. The van der Waals surface area contributed by atoms with Crippen LogP contribution >= 0.6 is 22.6 Å². The molecule has 0 bridgehead atoms. The van der Waals surface area contributed by atoms with Crippen molar-refractivity contribution in [3.05, 3.63) is 15.9 Å². The summed E-state index contributed by atoms with van der Waals surface area (Å²) in [5, 5.41) is 4.18. The quantitative estimate of drug-likeness (QED) is 0.803. The Kier molecular flexibility index (Phi) is 1.67. The fourth-order valence-electron chi connectivity index (χ4n) is 1.54. The Bertz CT molecular complexity index is 502. The van der Waals surface area contributed by atoms with E-state index in [0.29, 0.717) is 11.7 Å². The van der Waals surface area contributed by atoms with E-state index >= 15 is 0 Å². The van der Waals surface area contributed by atoms with Gasteiger partial charge in [0, 0.05) is 5.92 Å². The molecule has 5 nitrogen and oxygen atoms in total. The Labute approximate surface area is 93.9 Å². The van der Waals surface area contributed by atoms with Gasteiger partial charge in [-0.15, -0.1) is 0 Å². The molecule has 0 amide bonds. The van der Waals surface area contributed by atoms with Gasteiger partial charge in [0.15, 0.2) is 5.82 Å². The molecule has 0 aromatic carbocycles. The number of imidazole rings is 1. The zero-order valence-corrected chi connectivity index (χ0v) is 9.47. The van der Waals surface area contributed by atoms with E-state index in [4.69, 9.17) is 5.73 Å². The summed E-state index contributed by atoms with van der Waals surface area (Å²) in [7, 11) is 0. The van der Waals surface area contributed by atoms with E-state index in [9.17, 15) is 0 Å². The normalized spacial score (nSPS) is 16.4. The van der Waals surface area contributed by atoms with Gasteiger partial charge < -0.3 is 5.73 Å². The third-order valence-electron chi connectivity index (χ3n) is 2.39. The molecule has 0 saturated heterocycles. The van der Waals surface area contributed by atoms with Crippen LogP contribution in [0.5, 0.6) is 0 Å². The Morgan fingerprint density at radius 2 is 2.29 bits per heavy atom. The monoisotopic (exact) mass is 301 g/mol. The first-order valence-corrected chi connectivity index (χ1v) is 5.50. The topological polar surface area (TPSA) is 69.1 Å². The molecular formula is C8H8IN5. The first-order valence-electron chi connectivity index (χ1n) is 4.42. The molecule has 0 unspecified atom stereocenters. The summed E-state index contributed by atoms with van der Waals surface area (Å²) in [6, 6.07) is 0. The van der Waals surface area contributed by atoms with Crippen molar-refractivity contribution in [1.82, 2.24) is 19.6 Å². The molecule has 1 saturated carbocycles. The summed E-state index contributed by atoms with van der Waals surface area (Å²) in [5.41, 5.74) is 6.62. The van der Waals surface area contributed by atoms with Crippen LogP contribution in [0.15, 0.2) is 6.33 Å². The van der Waals surface area contributed by atoms with Crippen LogP contribution in [0.1, 0.15) is 24.6 Å². The predicted molar refractivity (Wildman–Crippen MR) is 59.9 cm³/mol. The fourth-order valence-corrected chi connectivity index (χ4v) is 2.29. The Morgan fingerprint density at radius 3 is 3.00 bits per heavy atom.